The molecule has 2 heterocycles. The predicted molar refractivity (Wildman–Crippen MR) is 62.1 cm³/mol. The van der Waals surface area contributed by atoms with Crippen molar-refractivity contribution in [3.05, 3.63) is 11.9 Å². The van der Waals surface area contributed by atoms with E-state index in [0.29, 0.717) is 13.1 Å². The molecular formula is C11H15F3N4. The van der Waals surface area contributed by atoms with E-state index in [9.17, 15) is 13.2 Å². The van der Waals surface area contributed by atoms with Gasteiger partial charge in [-0.1, -0.05) is 12.8 Å². The molecule has 1 aliphatic heterocycles. The third-order valence-electron chi connectivity index (χ3n) is 2.92. The molecule has 0 bridgehead atoms. The zero-order valence-electron chi connectivity index (χ0n) is 9.87. The lowest BCUT2D eigenvalue weighted by Crippen LogP contribution is -2.26. The van der Waals surface area contributed by atoms with Crippen LogP contribution >= 0.6 is 0 Å². The molecule has 0 spiro atoms. The fourth-order valence-electron chi connectivity index (χ4n) is 2.04. The molecule has 0 aliphatic carbocycles. The molecule has 0 radical (unpaired) electrons. The maximum Gasteiger partial charge on any atom is 0.451 e. The summed E-state index contributed by atoms with van der Waals surface area (Å²) in [6, 6.07) is 1.40. The Kier molecular flexibility index (Phi) is 3.58. The maximum atomic E-state index is 12.6. The lowest BCUT2D eigenvalue weighted by Gasteiger charge is -2.22. The van der Waals surface area contributed by atoms with Gasteiger partial charge in [-0.25, -0.2) is 9.97 Å². The number of aromatic nitrogens is 2. The molecule has 1 fully saturated rings. The zero-order valence-corrected chi connectivity index (χ0v) is 9.87. The normalized spacial score (nSPS) is 17.6. The summed E-state index contributed by atoms with van der Waals surface area (Å²) in [7, 11) is 0. The Bertz CT molecular complexity index is 411. The summed E-state index contributed by atoms with van der Waals surface area (Å²) >= 11 is 0. The first kappa shape index (κ1) is 12.9. The van der Waals surface area contributed by atoms with E-state index in [1.54, 1.807) is 0 Å². The molecular weight excluding hydrogens is 245 g/mol. The Labute approximate surface area is 103 Å². The molecule has 1 saturated heterocycles. The molecule has 0 unspecified atom stereocenters. The number of hydrogen-bond acceptors (Lipinski definition) is 4. The van der Waals surface area contributed by atoms with Crippen LogP contribution in [0.5, 0.6) is 0 Å². The molecule has 1 aromatic heterocycles. The molecule has 2 rings (SSSR count). The summed E-state index contributed by atoms with van der Waals surface area (Å²) in [6.07, 6.45) is -0.432. The number of nitrogens with zero attached hydrogens (tertiary/aromatic N) is 3. The average Bonchev–Trinajstić information content (AvgIpc) is 2.55. The summed E-state index contributed by atoms with van der Waals surface area (Å²) in [5, 5.41) is 0. The van der Waals surface area contributed by atoms with Crippen LogP contribution in [-0.4, -0.2) is 23.1 Å². The van der Waals surface area contributed by atoms with Gasteiger partial charge in [0.2, 0.25) is 5.82 Å². The third-order valence-corrected chi connectivity index (χ3v) is 2.92. The number of halogens is 3. The summed E-state index contributed by atoms with van der Waals surface area (Å²) < 4.78 is 37.8. The number of rotatable bonds is 1. The van der Waals surface area contributed by atoms with Gasteiger partial charge < -0.3 is 10.6 Å². The highest BCUT2D eigenvalue weighted by Gasteiger charge is 2.35. The standard InChI is InChI=1S/C11H15F3N4/c12-11(13,14)10-16-8(15)7-9(17-10)18-5-3-1-2-4-6-18/h7H,1-6H2,(H2,15,16,17). The Morgan fingerprint density at radius 1 is 1.06 bits per heavy atom. The Morgan fingerprint density at radius 2 is 1.67 bits per heavy atom. The van der Waals surface area contributed by atoms with Crippen molar-refractivity contribution in [1.82, 2.24) is 9.97 Å². The second kappa shape index (κ2) is 4.99. The van der Waals surface area contributed by atoms with E-state index >= 15 is 0 Å². The second-order valence-electron chi connectivity index (χ2n) is 4.37. The molecule has 100 valence electrons. The van der Waals surface area contributed by atoms with E-state index in [1.165, 1.54) is 6.07 Å². The average molecular weight is 260 g/mol. The van der Waals surface area contributed by atoms with Gasteiger partial charge in [0, 0.05) is 19.2 Å². The summed E-state index contributed by atoms with van der Waals surface area (Å²) in [4.78, 5) is 8.67. The highest BCUT2D eigenvalue weighted by molar-refractivity contribution is 5.47. The first-order valence-electron chi connectivity index (χ1n) is 5.93. The molecule has 1 aromatic rings. The van der Waals surface area contributed by atoms with E-state index < -0.39 is 12.0 Å². The van der Waals surface area contributed by atoms with Gasteiger partial charge in [0.1, 0.15) is 11.6 Å². The minimum absolute atomic E-state index is 0.142. The van der Waals surface area contributed by atoms with Gasteiger partial charge in [-0.2, -0.15) is 13.2 Å². The summed E-state index contributed by atoms with van der Waals surface area (Å²) in [5.41, 5.74) is 5.42. The van der Waals surface area contributed by atoms with E-state index in [0.717, 1.165) is 25.7 Å². The number of anilines is 2. The number of alkyl halides is 3. The van der Waals surface area contributed by atoms with Crippen molar-refractivity contribution in [3.63, 3.8) is 0 Å². The number of nitrogen functional groups attached to an aromatic ring is 1. The van der Waals surface area contributed by atoms with E-state index in [-0.39, 0.29) is 11.6 Å². The van der Waals surface area contributed by atoms with Crippen molar-refractivity contribution < 1.29 is 13.2 Å². The van der Waals surface area contributed by atoms with Crippen molar-refractivity contribution >= 4 is 11.6 Å². The lowest BCUT2D eigenvalue weighted by molar-refractivity contribution is -0.144. The van der Waals surface area contributed by atoms with Crippen LogP contribution in [0.15, 0.2) is 6.07 Å². The third kappa shape index (κ3) is 3.02. The zero-order chi connectivity index (χ0) is 13.2. The van der Waals surface area contributed by atoms with E-state index in [2.05, 4.69) is 9.97 Å². The highest BCUT2D eigenvalue weighted by atomic mass is 19.4. The van der Waals surface area contributed by atoms with Crippen LogP contribution in [0.1, 0.15) is 31.5 Å². The van der Waals surface area contributed by atoms with Gasteiger partial charge in [0.15, 0.2) is 0 Å². The highest BCUT2D eigenvalue weighted by Crippen LogP contribution is 2.29. The first-order valence-corrected chi connectivity index (χ1v) is 5.93. The number of hydrogen-bond donors (Lipinski definition) is 1. The van der Waals surface area contributed by atoms with Gasteiger partial charge in [0.25, 0.3) is 0 Å². The summed E-state index contributed by atoms with van der Waals surface area (Å²) in [6.45, 7) is 1.43. The maximum absolute atomic E-state index is 12.6. The van der Waals surface area contributed by atoms with E-state index in [1.807, 2.05) is 4.90 Å². The molecule has 0 amide bonds. The second-order valence-corrected chi connectivity index (χ2v) is 4.37. The van der Waals surface area contributed by atoms with Crippen LogP contribution in [0.25, 0.3) is 0 Å². The molecule has 0 saturated carbocycles. The lowest BCUT2D eigenvalue weighted by atomic mass is 10.2. The Hall–Kier alpha value is -1.53. The smallest absolute Gasteiger partial charge is 0.384 e. The van der Waals surface area contributed by atoms with Crippen LogP contribution < -0.4 is 10.6 Å². The Morgan fingerprint density at radius 3 is 2.22 bits per heavy atom. The topological polar surface area (TPSA) is 55.0 Å². The van der Waals surface area contributed by atoms with Gasteiger partial charge in [-0.15, -0.1) is 0 Å². The van der Waals surface area contributed by atoms with Crippen LogP contribution in [0.4, 0.5) is 24.8 Å². The van der Waals surface area contributed by atoms with Gasteiger partial charge in [0.05, 0.1) is 0 Å². The van der Waals surface area contributed by atoms with Crippen LogP contribution in [0.2, 0.25) is 0 Å². The molecule has 4 nitrogen and oxygen atoms in total. The SMILES string of the molecule is Nc1cc(N2CCCCCC2)nc(C(F)(F)F)n1. The molecule has 0 atom stereocenters. The fraction of sp³-hybridized carbons (Fsp3) is 0.636. The quantitative estimate of drug-likeness (QED) is 0.842. The predicted octanol–water partition coefficient (Wildman–Crippen LogP) is 2.46. The van der Waals surface area contributed by atoms with Crippen LogP contribution in [0.3, 0.4) is 0 Å². The molecule has 0 aromatic carbocycles. The minimum Gasteiger partial charge on any atom is -0.384 e. The Balaban J connectivity index is 2.29. The molecule has 18 heavy (non-hydrogen) atoms. The minimum atomic E-state index is -4.56. The molecule has 2 N–H and O–H groups in total. The van der Waals surface area contributed by atoms with Gasteiger partial charge in [-0.3, -0.25) is 0 Å². The fourth-order valence-corrected chi connectivity index (χ4v) is 2.04. The van der Waals surface area contributed by atoms with E-state index in [4.69, 9.17) is 5.73 Å². The van der Waals surface area contributed by atoms with Gasteiger partial charge in [-0.05, 0) is 12.8 Å². The van der Waals surface area contributed by atoms with Gasteiger partial charge >= 0.3 is 6.18 Å². The largest absolute Gasteiger partial charge is 0.451 e. The monoisotopic (exact) mass is 260 g/mol. The number of nitrogens with two attached hydrogens (primary N) is 1. The van der Waals surface area contributed by atoms with Crippen molar-refractivity contribution in [3.8, 4) is 0 Å². The first-order chi connectivity index (χ1) is 8.47. The van der Waals surface area contributed by atoms with Crippen molar-refractivity contribution in [1.29, 1.82) is 0 Å². The van der Waals surface area contributed by atoms with Crippen molar-refractivity contribution in [2.24, 2.45) is 0 Å². The molecule has 1 aliphatic rings. The summed E-state index contributed by atoms with van der Waals surface area (Å²) in [5.74, 6) is -1.03. The molecule has 7 heteroatoms. The van der Waals surface area contributed by atoms with Crippen LogP contribution in [0, 0.1) is 0 Å². The van der Waals surface area contributed by atoms with Crippen LogP contribution in [-0.2, 0) is 6.18 Å². The van der Waals surface area contributed by atoms with Crippen molar-refractivity contribution in [2.75, 3.05) is 23.7 Å². The van der Waals surface area contributed by atoms with Crippen molar-refractivity contribution in [2.45, 2.75) is 31.9 Å².